The van der Waals surface area contributed by atoms with Crippen molar-refractivity contribution in [3.63, 3.8) is 0 Å². The number of carbonyl (C=O) groups is 3. The van der Waals surface area contributed by atoms with Crippen LogP contribution in [0.1, 0.15) is 27.7 Å². The predicted octanol–water partition coefficient (Wildman–Crippen LogP) is 1.34. The van der Waals surface area contributed by atoms with E-state index in [1.54, 1.807) is 20.8 Å². The van der Waals surface area contributed by atoms with E-state index in [2.05, 4.69) is 15.9 Å². The molecule has 2 rings (SSSR count). The van der Waals surface area contributed by atoms with Gasteiger partial charge in [0, 0.05) is 17.9 Å². The third-order valence-corrected chi connectivity index (χ3v) is 8.46. The van der Waals surface area contributed by atoms with Crippen molar-refractivity contribution in [2.75, 3.05) is 6.61 Å². The van der Waals surface area contributed by atoms with Crippen molar-refractivity contribution in [1.82, 2.24) is 4.90 Å². The monoisotopic (exact) mass is 441 g/mol. The molecule has 0 aromatic carbocycles. The fourth-order valence-corrected chi connectivity index (χ4v) is 5.92. The fourth-order valence-electron chi connectivity index (χ4n) is 2.49. The van der Waals surface area contributed by atoms with Gasteiger partial charge in [-0.3, -0.25) is 19.3 Å². The first-order valence-electron chi connectivity index (χ1n) is 7.07. The lowest BCUT2D eigenvalue weighted by molar-refractivity contribution is -0.142. The van der Waals surface area contributed by atoms with Gasteiger partial charge in [-0.1, -0.05) is 36.7 Å². The molecule has 1 fully saturated rings. The van der Waals surface area contributed by atoms with Crippen molar-refractivity contribution >= 4 is 55.0 Å². The van der Waals surface area contributed by atoms with Crippen molar-refractivity contribution in [3.05, 3.63) is 11.3 Å². The van der Waals surface area contributed by atoms with Crippen LogP contribution in [0.15, 0.2) is 11.3 Å². The van der Waals surface area contributed by atoms with Gasteiger partial charge in [-0.2, -0.15) is 0 Å². The van der Waals surface area contributed by atoms with E-state index in [0.717, 1.165) is 4.90 Å². The van der Waals surface area contributed by atoms with E-state index < -0.39 is 54.4 Å². The quantitative estimate of drug-likeness (QED) is 0.372. The summed E-state index contributed by atoms with van der Waals surface area (Å²) in [5.41, 5.74) is -0.905. The lowest BCUT2D eigenvalue weighted by atomic mass is 9.86. The van der Waals surface area contributed by atoms with Crippen LogP contribution in [0.2, 0.25) is 0 Å². The van der Waals surface area contributed by atoms with Gasteiger partial charge < -0.3 is 4.74 Å². The Morgan fingerprint density at radius 3 is 2.33 bits per heavy atom. The number of rotatable bonds is 3. The van der Waals surface area contributed by atoms with Crippen LogP contribution in [0.25, 0.3) is 0 Å². The minimum atomic E-state index is -3.91. The number of alkyl halides is 2. The molecule has 0 bridgehead atoms. The molecule has 10 heteroatoms. The lowest BCUT2D eigenvalue weighted by Crippen LogP contribution is -2.69. The zero-order valence-electron chi connectivity index (χ0n) is 13.5. The summed E-state index contributed by atoms with van der Waals surface area (Å²) >= 11 is 8.94. The van der Waals surface area contributed by atoms with E-state index in [1.807, 2.05) is 0 Å². The van der Waals surface area contributed by atoms with E-state index in [4.69, 9.17) is 16.3 Å². The van der Waals surface area contributed by atoms with E-state index in [9.17, 15) is 22.8 Å². The van der Waals surface area contributed by atoms with Gasteiger partial charge in [-0.15, -0.1) is 11.6 Å². The maximum atomic E-state index is 12.8. The summed E-state index contributed by atoms with van der Waals surface area (Å²) in [6, 6.07) is 0. The number of allylic oxidation sites excluding steroid dienone is 1. The number of carbonyl (C=O) groups excluding carboxylic acids is 3. The molecule has 7 nitrogen and oxygen atoms in total. The lowest BCUT2D eigenvalue weighted by Gasteiger charge is -2.49. The van der Waals surface area contributed by atoms with Crippen molar-refractivity contribution in [2.24, 2.45) is 5.41 Å². The second-order valence-corrected chi connectivity index (χ2v) is 10.8. The number of sulfone groups is 1. The van der Waals surface area contributed by atoms with Crippen LogP contribution < -0.4 is 0 Å². The van der Waals surface area contributed by atoms with Gasteiger partial charge in [0.15, 0.2) is 21.0 Å². The molecule has 3 atom stereocenters. The zero-order valence-corrected chi connectivity index (χ0v) is 16.7. The maximum Gasteiger partial charge on any atom is 0.302 e. The molecule has 0 saturated carbocycles. The highest BCUT2D eigenvalue weighted by Gasteiger charge is 2.62. The molecule has 134 valence electrons. The summed E-state index contributed by atoms with van der Waals surface area (Å²) in [6.07, 6.45) is 0. The second kappa shape index (κ2) is 6.10. The summed E-state index contributed by atoms with van der Waals surface area (Å²) in [5, 5.41) is -2.55. The van der Waals surface area contributed by atoms with Crippen molar-refractivity contribution in [3.8, 4) is 0 Å². The van der Waals surface area contributed by atoms with Crippen LogP contribution in [-0.2, 0) is 29.0 Å². The molecule has 0 radical (unpaired) electrons. The summed E-state index contributed by atoms with van der Waals surface area (Å²) in [4.78, 5) is 37.0. The molecule has 1 unspecified atom stereocenters. The Morgan fingerprint density at radius 2 is 1.88 bits per heavy atom. The molecule has 2 aliphatic heterocycles. The smallest absolute Gasteiger partial charge is 0.302 e. The molecule has 0 N–H and O–H groups in total. The Balaban J connectivity index is 2.66. The van der Waals surface area contributed by atoms with Gasteiger partial charge in [-0.05, 0) is 0 Å². The Kier molecular flexibility index (Phi) is 4.93. The summed E-state index contributed by atoms with van der Waals surface area (Å²) in [7, 11) is -3.91. The van der Waals surface area contributed by atoms with E-state index >= 15 is 0 Å². The Bertz CT molecular complexity index is 754. The van der Waals surface area contributed by atoms with Crippen LogP contribution in [0, 0.1) is 5.41 Å². The van der Waals surface area contributed by atoms with Gasteiger partial charge in [0.1, 0.15) is 16.1 Å². The molecular weight excluding hydrogens is 426 g/mol. The molecule has 24 heavy (non-hydrogen) atoms. The highest BCUT2D eigenvalue weighted by atomic mass is 79.9. The first kappa shape index (κ1) is 19.4. The van der Waals surface area contributed by atoms with Gasteiger partial charge in [0.2, 0.25) is 5.91 Å². The summed E-state index contributed by atoms with van der Waals surface area (Å²) < 4.78 is 28.8. The molecule has 0 aromatic rings. The van der Waals surface area contributed by atoms with Gasteiger partial charge in [0.25, 0.3) is 0 Å². The van der Waals surface area contributed by atoms with Crippen LogP contribution >= 0.6 is 27.5 Å². The Hall–Kier alpha value is -0.930. The van der Waals surface area contributed by atoms with Gasteiger partial charge in [-0.25, -0.2) is 8.42 Å². The van der Waals surface area contributed by atoms with E-state index in [-0.39, 0.29) is 11.3 Å². The number of amides is 1. The Labute approximate surface area is 153 Å². The van der Waals surface area contributed by atoms with Crippen molar-refractivity contribution in [2.45, 2.75) is 42.6 Å². The van der Waals surface area contributed by atoms with Crippen LogP contribution in [0.3, 0.4) is 0 Å². The number of ketones is 1. The van der Waals surface area contributed by atoms with Gasteiger partial charge >= 0.3 is 5.97 Å². The number of hydrogen-bond donors (Lipinski definition) is 0. The average molecular weight is 443 g/mol. The standard InChI is InChI=1S/C14H17BrClNO6S/c1-6(18)23-5-7-9(10(19)14(2,3)4)17-12(20)8(16)13(17)24(21,22)11(7)15/h8,11,13H,5H2,1-4H3/t8-,11?,13-/m0/s1. The number of β-lactam (4-membered cyclic amide) rings is 1. The maximum absolute atomic E-state index is 12.8. The molecule has 0 aliphatic carbocycles. The molecule has 0 spiro atoms. The minimum Gasteiger partial charge on any atom is -0.461 e. The summed E-state index contributed by atoms with van der Waals surface area (Å²) in [5.74, 6) is -1.71. The highest BCUT2D eigenvalue weighted by Crippen LogP contribution is 2.45. The molecule has 1 amide bonds. The SMILES string of the molecule is CC(=O)OCC1=C(C(=O)C(C)(C)C)N2C(=O)[C@H](Cl)[C@@H]2S(=O)(=O)C1Br. The topological polar surface area (TPSA) is 97.8 Å². The van der Waals surface area contributed by atoms with Crippen LogP contribution in [0.5, 0.6) is 0 Å². The third-order valence-electron chi connectivity index (χ3n) is 3.75. The molecule has 2 aliphatic rings. The number of halogens is 2. The van der Waals surface area contributed by atoms with Gasteiger partial charge in [0.05, 0.1) is 5.70 Å². The Morgan fingerprint density at radius 1 is 1.33 bits per heavy atom. The third kappa shape index (κ3) is 2.90. The fraction of sp³-hybridized carbons (Fsp3) is 0.643. The van der Waals surface area contributed by atoms with Crippen LogP contribution in [-0.4, -0.2) is 52.5 Å². The zero-order chi connectivity index (χ0) is 18.6. The first-order valence-corrected chi connectivity index (χ1v) is 10.0. The number of hydrogen-bond acceptors (Lipinski definition) is 6. The molecule has 1 saturated heterocycles. The molecular formula is C14H17BrClNO6S. The molecule has 2 heterocycles. The van der Waals surface area contributed by atoms with Crippen molar-refractivity contribution < 1.29 is 27.5 Å². The predicted molar refractivity (Wildman–Crippen MR) is 90.0 cm³/mol. The normalized spacial score (nSPS) is 29.0. The number of nitrogens with zero attached hydrogens (tertiary/aromatic N) is 1. The molecule has 0 aromatic heterocycles. The number of esters is 1. The second-order valence-electron chi connectivity index (χ2n) is 6.64. The number of fused-ring (bicyclic) bond motifs is 1. The highest BCUT2D eigenvalue weighted by molar-refractivity contribution is 9.11. The first-order chi connectivity index (χ1) is 10.8. The number of ether oxygens (including phenoxy) is 1. The number of Topliss-reactive ketones (excluding diaryl/α,β-unsaturated/α-hetero) is 1. The average Bonchev–Trinajstić information content (AvgIpc) is 2.45. The van der Waals surface area contributed by atoms with Crippen LogP contribution in [0.4, 0.5) is 0 Å². The van der Waals surface area contributed by atoms with E-state index in [0.29, 0.717) is 0 Å². The largest absolute Gasteiger partial charge is 0.461 e. The van der Waals surface area contributed by atoms with Crippen molar-refractivity contribution in [1.29, 1.82) is 0 Å². The minimum absolute atomic E-state index is 0.0262. The van der Waals surface area contributed by atoms with E-state index in [1.165, 1.54) is 6.92 Å². The summed E-state index contributed by atoms with van der Waals surface area (Å²) in [6.45, 7) is 5.70.